The molecule has 0 aromatic heterocycles. The zero-order valence-corrected chi connectivity index (χ0v) is 22.3. The van der Waals surface area contributed by atoms with Crippen molar-refractivity contribution < 1.29 is 22.7 Å². The Morgan fingerprint density at radius 1 is 1.03 bits per heavy atom. The van der Waals surface area contributed by atoms with Gasteiger partial charge in [-0.15, -0.1) is 0 Å². The Kier molecular flexibility index (Phi) is 9.71. The molecule has 192 valence electrons. The Labute approximate surface area is 209 Å². The molecule has 2 aromatic rings. The molecule has 0 aliphatic rings. The first-order valence-electron chi connectivity index (χ1n) is 11.6. The number of hydrogen-bond donors (Lipinski definition) is 1. The second-order valence-corrected chi connectivity index (χ2v) is 11.5. The fraction of sp³-hybridized carbons (Fsp3) is 0.462. The van der Waals surface area contributed by atoms with Crippen LogP contribution in [0.25, 0.3) is 0 Å². The van der Waals surface area contributed by atoms with Gasteiger partial charge in [-0.05, 0) is 63.9 Å². The summed E-state index contributed by atoms with van der Waals surface area (Å²) in [4.78, 5) is 27.7. The van der Waals surface area contributed by atoms with Gasteiger partial charge in [-0.1, -0.05) is 30.3 Å². The van der Waals surface area contributed by atoms with Crippen LogP contribution >= 0.6 is 0 Å². The summed E-state index contributed by atoms with van der Waals surface area (Å²) in [6.07, 6.45) is 1.54. The lowest BCUT2D eigenvalue weighted by molar-refractivity contribution is -0.141. The Hall–Kier alpha value is -3.07. The van der Waals surface area contributed by atoms with Gasteiger partial charge in [0.2, 0.25) is 21.8 Å². The first-order valence-corrected chi connectivity index (χ1v) is 13.4. The van der Waals surface area contributed by atoms with Gasteiger partial charge in [0.25, 0.3) is 0 Å². The SMILES string of the molecule is COc1ccc(N(CCCC(=O)N(Cc2ccccc2)[C@H](C)C(=O)NC(C)(C)C)S(C)(=O)=O)cc1. The Morgan fingerprint density at radius 2 is 1.63 bits per heavy atom. The summed E-state index contributed by atoms with van der Waals surface area (Å²) >= 11 is 0. The number of anilines is 1. The molecule has 0 spiro atoms. The zero-order chi connectivity index (χ0) is 26.2. The monoisotopic (exact) mass is 503 g/mol. The van der Waals surface area contributed by atoms with Crippen molar-refractivity contribution in [3.05, 3.63) is 60.2 Å². The molecule has 0 aliphatic heterocycles. The van der Waals surface area contributed by atoms with Crippen LogP contribution in [0.3, 0.4) is 0 Å². The third kappa shape index (κ3) is 8.90. The smallest absolute Gasteiger partial charge is 0.242 e. The molecular weight excluding hydrogens is 466 g/mol. The van der Waals surface area contributed by atoms with Gasteiger partial charge >= 0.3 is 0 Å². The molecule has 2 rings (SSSR count). The molecule has 0 saturated heterocycles. The number of rotatable bonds is 11. The topological polar surface area (TPSA) is 96.0 Å². The number of carbonyl (C=O) groups is 2. The summed E-state index contributed by atoms with van der Waals surface area (Å²) in [7, 11) is -2.01. The van der Waals surface area contributed by atoms with Crippen LogP contribution in [0.15, 0.2) is 54.6 Å². The Balaban J connectivity index is 2.15. The van der Waals surface area contributed by atoms with Gasteiger partial charge in [0, 0.05) is 25.0 Å². The molecular formula is C26H37N3O5S. The maximum atomic E-state index is 13.3. The van der Waals surface area contributed by atoms with E-state index in [1.807, 2.05) is 51.1 Å². The number of nitrogens with zero attached hydrogens (tertiary/aromatic N) is 2. The van der Waals surface area contributed by atoms with Gasteiger partial charge in [0.05, 0.1) is 19.1 Å². The van der Waals surface area contributed by atoms with E-state index in [2.05, 4.69) is 5.32 Å². The Bertz CT molecular complexity index is 1080. The second-order valence-electron chi connectivity index (χ2n) is 9.56. The highest BCUT2D eigenvalue weighted by Crippen LogP contribution is 2.22. The van der Waals surface area contributed by atoms with Gasteiger partial charge in [-0.25, -0.2) is 8.42 Å². The second kappa shape index (κ2) is 12.1. The molecule has 0 heterocycles. The number of nitrogens with one attached hydrogen (secondary N) is 1. The number of benzene rings is 2. The van der Waals surface area contributed by atoms with Crippen LogP contribution in [-0.2, 0) is 26.2 Å². The predicted molar refractivity (Wildman–Crippen MR) is 139 cm³/mol. The third-order valence-electron chi connectivity index (χ3n) is 5.37. The zero-order valence-electron chi connectivity index (χ0n) is 21.4. The largest absolute Gasteiger partial charge is 0.497 e. The number of hydrogen-bond acceptors (Lipinski definition) is 5. The van der Waals surface area contributed by atoms with Crippen molar-refractivity contribution in [2.24, 2.45) is 0 Å². The van der Waals surface area contributed by atoms with E-state index in [0.717, 1.165) is 11.8 Å². The first-order chi connectivity index (χ1) is 16.3. The number of carbonyl (C=O) groups excluding carboxylic acids is 2. The lowest BCUT2D eigenvalue weighted by Crippen LogP contribution is -2.52. The number of sulfonamides is 1. The molecule has 2 aromatic carbocycles. The fourth-order valence-electron chi connectivity index (χ4n) is 3.59. The average molecular weight is 504 g/mol. The van der Waals surface area contributed by atoms with Crippen LogP contribution in [0, 0.1) is 0 Å². The lowest BCUT2D eigenvalue weighted by atomic mass is 10.1. The average Bonchev–Trinajstić information content (AvgIpc) is 2.78. The van der Waals surface area contributed by atoms with Gasteiger partial charge < -0.3 is 15.0 Å². The molecule has 2 amide bonds. The minimum atomic E-state index is -3.55. The van der Waals surface area contributed by atoms with Gasteiger partial charge in [0.15, 0.2) is 0 Å². The summed E-state index contributed by atoms with van der Waals surface area (Å²) in [5, 5.41) is 2.93. The van der Waals surface area contributed by atoms with Crippen molar-refractivity contribution in [2.45, 2.75) is 58.7 Å². The molecule has 1 N–H and O–H groups in total. The van der Waals surface area contributed by atoms with Crippen molar-refractivity contribution >= 4 is 27.5 Å². The lowest BCUT2D eigenvalue weighted by Gasteiger charge is -2.32. The highest BCUT2D eigenvalue weighted by molar-refractivity contribution is 7.92. The van der Waals surface area contributed by atoms with E-state index in [1.54, 1.807) is 43.2 Å². The molecule has 0 saturated carbocycles. The van der Waals surface area contributed by atoms with E-state index >= 15 is 0 Å². The minimum absolute atomic E-state index is 0.0994. The fourth-order valence-corrected chi connectivity index (χ4v) is 4.55. The van der Waals surface area contributed by atoms with Crippen LogP contribution in [-0.4, -0.2) is 56.6 Å². The van der Waals surface area contributed by atoms with Crippen molar-refractivity contribution in [2.75, 3.05) is 24.2 Å². The summed E-state index contributed by atoms with van der Waals surface area (Å²) in [5.41, 5.74) is 0.980. The van der Waals surface area contributed by atoms with Gasteiger partial charge in [0.1, 0.15) is 11.8 Å². The minimum Gasteiger partial charge on any atom is -0.497 e. The molecule has 9 heteroatoms. The number of ether oxygens (including phenoxy) is 1. The summed E-state index contributed by atoms with van der Waals surface area (Å²) in [6.45, 7) is 7.80. The van der Waals surface area contributed by atoms with Crippen molar-refractivity contribution in [3.8, 4) is 5.75 Å². The summed E-state index contributed by atoms with van der Waals surface area (Å²) in [6, 6.07) is 15.5. The van der Waals surface area contributed by atoms with E-state index < -0.39 is 21.6 Å². The number of methoxy groups -OCH3 is 1. The van der Waals surface area contributed by atoms with Crippen LogP contribution < -0.4 is 14.4 Å². The van der Waals surface area contributed by atoms with Crippen LogP contribution in [0.1, 0.15) is 46.1 Å². The van der Waals surface area contributed by atoms with Crippen LogP contribution in [0.4, 0.5) is 5.69 Å². The molecule has 0 fully saturated rings. The van der Waals surface area contributed by atoms with Crippen LogP contribution in [0.2, 0.25) is 0 Å². The van der Waals surface area contributed by atoms with E-state index in [4.69, 9.17) is 4.74 Å². The quantitative estimate of drug-likeness (QED) is 0.506. The van der Waals surface area contributed by atoms with E-state index in [1.165, 1.54) is 4.31 Å². The normalized spacial score (nSPS) is 12.5. The third-order valence-corrected chi connectivity index (χ3v) is 6.57. The maximum Gasteiger partial charge on any atom is 0.242 e. The van der Waals surface area contributed by atoms with Crippen molar-refractivity contribution in [1.29, 1.82) is 0 Å². The van der Waals surface area contributed by atoms with Crippen LogP contribution in [0.5, 0.6) is 5.75 Å². The van der Waals surface area contributed by atoms with E-state index in [9.17, 15) is 18.0 Å². The molecule has 35 heavy (non-hydrogen) atoms. The van der Waals surface area contributed by atoms with E-state index in [0.29, 0.717) is 17.9 Å². The maximum absolute atomic E-state index is 13.3. The standard InChI is InChI=1S/C26H37N3O5S/c1-20(25(31)27-26(2,3)4)28(19-21-11-8-7-9-12-21)24(30)13-10-18-29(35(6,32)33)22-14-16-23(34-5)17-15-22/h7-9,11-12,14-17,20H,10,13,18-19H2,1-6H3,(H,27,31)/t20-/m1/s1. The highest BCUT2D eigenvalue weighted by atomic mass is 32.2. The predicted octanol–water partition coefficient (Wildman–Crippen LogP) is 3.57. The molecule has 0 unspecified atom stereocenters. The molecule has 0 bridgehead atoms. The van der Waals surface area contributed by atoms with Gasteiger partial charge in [-0.2, -0.15) is 0 Å². The molecule has 1 atom stereocenters. The summed E-state index contributed by atoms with van der Waals surface area (Å²) < 4.78 is 31.2. The summed E-state index contributed by atoms with van der Waals surface area (Å²) in [5.74, 6) is 0.169. The molecule has 0 radical (unpaired) electrons. The Morgan fingerprint density at radius 3 is 2.14 bits per heavy atom. The molecule has 0 aliphatic carbocycles. The first kappa shape index (κ1) is 28.2. The molecule has 8 nitrogen and oxygen atoms in total. The highest BCUT2D eigenvalue weighted by Gasteiger charge is 2.28. The van der Waals surface area contributed by atoms with Crippen molar-refractivity contribution in [1.82, 2.24) is 10.2 Å². The number of amides is 2. The van der Waals surface area contributed by atoms with E-state index in [-0.39, 0.29) is 31.3 Å². The van der Waals surface area contributed by atoms with Crippen molar-refractivity contribution in [3.63, 3.8) is 0 Å². The van der Waals surface area contributed by atoms with Gasteiger partial charge in [-0.3, -0.25) is 13.9 Å².